The zero-order valence-electron chi connectivity index (χ0n) is 41.8. The lowest BCUT2D eigenvalue weighted by molar-refractivity contribution is -0.130. The van der Waals surface area contributed by atoms with E-state index in [9.17, 15) is 14.4 Å². The van der Waals surface area contributed by atoms with Crippen LogP contribution in [0.2, 0.25) is 0 Å². The molecule has 6 unspecified atom stereocenters. The van der Waals surface area contributed by atoms with Crippen molar-refractivity contribution < 1.29 is 42.0 Å². The molecule has 6 atom stereocenters. The van der Waals surface area contributed by atoms with Crippen molar-refractivity contribution >= 4 is 42.3 Å². The van der Waals surface area contributed by atoms with Gasteiger partial charge in [0.25, 0.3) is 0 Å². The molecule has 0 saturated heterocycles. The SMILES string of the molecule is CCCCOC(C)OCCc1ccc(POCCn2c(=O)n(CCOPc3ccc(CCOC(C)OCCCC)cc3)c(=O)n(CCOPc3ccc(CCOC(C)OCCCC)cc3)c2=O)cc1. The van der Waals surface area contributed by atoms with Gasteiger partial charge in [0.2, 0.25) is 0 Å². The Kier molecular flexibility index (Phi) is 29.9. The lowest BCUT2D eigenvalue weighted by Crippen LogP contribution is -2.55. The molecule has 0 N–H and O–H groups in total. The van der Waals surface area contributed by atoms with Gasteiger partial charge in [-0.3, -0.25) is 0 Å². The topological polar surface area (TPSA) is 149 Å². The molecule has 0 aliphatic heterocycles. The zero-order chi connectivity index (χ0) is 49.5. The maximum atomic E-state index is 13.8. The van der Waals surface area contributed by atoms with Crippen molar-refractivity contribution in [3.05, 3.63) is 121 Å². The molecule has 0 radical (unpaired) electrons. The van der Waals surface area contributed by atoms with Crippen LogP contribution in [-0.2, 0) is 80.9 Å². The Morgan fingerprint density at radius 3 is 0.870 bits per heavy atom. The molecule has 1 aromatic heterocycles. The quantitative estimate of drug-likeness (QED) is 0.0254. The summed E-state index contributed by atoms with van der Waals surface area (Å²) >= 11 is 0. The number of ether oxygens (including phenoxy) is 6. The maximum Gasteiger partial charge on any atom is 0.336 e. The summed E-state index contributed by atoms with van der Waals surface area (Å²) in [6.45, 7) is 16.1. The van der Waals surface area contributed by atoms with Gasteiger partial charge in [-0.25, -0.2) is 28.1 Å². The van der Waals surface area contributed by atoms with E-state index in [1.807, 2.05) is 93.6 Å². The van der Waals surface area contributed by atoms with Crippen molar-refractivity contribution in [2.24, 2.45) is 0 Å². The highest BCUT2D eigenvalue weighted by Gasteiger charge is 2.16. The lowest BCUT2D eigenvalue weighted by atomic mass is 10.2. The van der Waals surface area contributed by atoms with E-state index in [0.717, 1.165) is 104 Å². The Bertz CT molecular complexity index is 1880. The Morgan fingerprint density at radius 1 is 0.377 bits per heavy atom. The molecule has 4 aromatic rings. The van der Waals surface area contributed by atoms with Crippen LogP contribution in [0, 0.1) is 0 Å². The van der Waals surface area contributed by atoms with Gasteiger partial charge in [0.1, 0.15) is 0 Å². The number of hydrogen-bond acceptors (Lipinski definition) is 12. The summed E-state index contributed by atoms with van der Waals surface area (Å²) in [4.78, 5) is 41.3. The first-order valence-electron chi connectivity index (χ1n) is 24.7. The van der Waals surface area contributed by atoms with Gasteiger partial charge >= 0.3 is 17.1 Å². The molecule has 15 nitrogen and oxygen atoms in total. The van der Waals surface area contributed by atoms with Crippen LogP contribution in [-0.4, -0.2) is 92.0 Å². The van der Waals surface area contributed by atoms with Crippen LogP contribution >= 0.6 is 26.4 Å². The fourth-order valence-corrected chi connectivity index (χ4v) is 8.63. The lowest BCUT2D eigenvalue weighted by Gasteiger charge is -2.15. The summed E-state index contributed by atoms with van der Waals surface area (Å²) in [5, 5.41) is 2.93. The summed E-state index contributed by atoms with van der Waals surface area (Å²) < 4.78 is 55.5. The van der Waals surface area contributed by atoms with Crippen molar-refractivity contribution in [1.82, 2.24) is 13.7 Å². The summed E-state index contributed by atoms with van der Waals surface area (Å²) in [5.41, 5.74) is 1.28. The van der Waals surface area contributed by atoms with Gasteiger partial charge in [-0.2, -0.15) is 0 Å². The molecular weight excluding hydrogens is 939 g/mol. The molecular formula is C51H78N3O12P3. The van der Waals surface area contributed by atoms with Gasteiger partial charge in [-0.1, -0.05) is 113 Å². The molecule has 0 saturated carbocycles. The van der Waals surface area contributed by atoms with Gasteiger partial charge in [0, 0.05) is 46.2 Å². The Morgan fingerprint density at radius 2 is 0.623 bits per heavy atom. The predicted molar refractivity (Wildman–Crippen MR) is 280 cm³/mol. The Balaban J connectivity index is 1.32. The Labute approximate surface area is 414 Å². The molecule has 0 bridgehead atoms. The van der Waals surface area contributed by atoms with E-state index >= 15 is 0 Å². The first-order chi connectivity index (χ1) is 33.6. The summed E-state index contributed by atoms with van der Waals surface area (Å²) in [6, 6.07) is 24.3. The first-order valence-corrected chi connectivity index (χ1v) is 27.4. The number of nitrogens with zero attached hydrogens (tertiary/aromatic N) is 3. The van der Waals surface area contributed by atoms with Gasteiger partial charge < -0.3 is 42.0 Å². The second kappa shape index (κ2) is 35.2. The van der Waals surface area contributed by atoms with Gasteiger partial charge in [-0.15, -0.1) is 0 Å². The highest BCUT2D eigenvalue weighted by atomic mass is 31.1. The van der Waals surface area contributed by atoms with E-state index in [2.05, 4.69) is 20.8 Å². The minimum Gasteiger partial charge on any atom is -0.356 e. The summed E-state index contributed by atoms with van der Waals surface area (Å²) in [6.07, 6.45) is 7.84. The molecule has 1 heterocycles. The van der Waals surface area contributed by atoms with E-state index in [0.29, 0.717) is 39.6 Å². The minimum absolute atomic E-state index is 0.00190. The first kappa shape index (κ1) is 58.6. The largest absolute Gasteiger partial charge is 0.356 e. The van der Waals surface area contributed by atoms with Crippen LogP contribution in [0.1, 0.15) is 96.8 Å². The molecule has 0 spiro atoms. The molecule has 0 amide bonds. The molecule has 4 rings (SSSR count). The predicted octanol–water partition coefficient (Wildman–Crippen LogP) is 7.14. The molecule has 69 heavy (non-hydrogen) atoms. The second-order valence-electron chi connectivity index (χ2n) is 16.5. The highest BCUT2D eigenvalue weighted by molar-refractivity contribution is 7.42. The third-order valence-corrected chi connectivity index (χ3v) is 13.6. The van der Waals surface area contributed by atoms with Crippen LogP contribution in [0.5, 0.6) is 0 Å². The normalized spacial score (nSPS) is 13.5. The van der Waals surface area contributed by atoms with E-state index in [4.69, 9.17) is 42.0 Å². The number of rotatable bonds is 39. The molecule has 0 aliphatic rings. The number of unbranched alkanes of at least 4 members (excludes halogenated alkanes) is 3. The molecule has 0 fully saturated rings. The molecule has 0 aliphatic carbocycles. The fraction of sp³-hybridized carbons (Fsp3) is 0.588. The fourth-order valence-electron chi connectivity index (χ4n) is 6.64. The number of benzene rings is 3. The number of hydrogen-bond donors (Lipinski definition) is 0. The van der Waals surface area contributed by atoms with E-state index in [1.165, 1.54) is 0 Å². The standard InChI is InChI=1S/C51H78N3O12P3/c1-7-10-31-58-40(4)61-34-25-43-13-19-46(20-14-43)67-64-37-28-52-49(55)53(29-38-65-68-47-21-15-44(16-22-47)26-35-62-41(5)59-32-11-8-2)51(57)54(50(52)56)30-39-66-69-48-23-17-45(18-24-48)27-36-63-42(6)60-33-12-9-3/h13-24,40-42,67-69H,7-12,25-39H2,1-6H3. The third-order valence-electron chi connectivity index (χ3n) is 10.8. The monoisotopic (exact) mass is 1020 g/mol. The van der Waals surface area contributed by atoms with E-state index in [-0.39, 0.29) is 84.7 Å². The molecule has 384 valence electrons. The van der Waals surface area contributed by atoms with Crippen LogP contribution in [0.15, 0.2) is 87.2 Å². The van der Waals surface area contributed by atoms with Gasteiger partial charge in [-0.05, 0) is 91.9 Å². The van der Waals surface area contributed by atoms with Gasteiger partial charge in [0.05, 0.1) is 59.3 Å². The van der Waals surface area contributed by atoms with Crippen LogP contribution in [0.4, 0.5) is 0 Å². The van der Waals surface area contributed by atoms with Crippen molar-refractivity contribution in [1.29, 1.82) is 0 Å². The number of aromatic nitrogens is 3. The molecule has 3 aromatic carbocycles. The van der Waals surface area contributed by atoms with Gasteiger partial charge in [0.15, 0.2) is 18.9 Å². The van der Waals surface area contributed by atoms with Crippen molar-refractivity contribution in [3.63, 3.8) is 0 Å². The summed E-state index contributed by atoms with van der Waals surface area (Å²) in [5.74, 6) is 0. The van der Waals surface area contributed by atoms with Crippen LogP contribution in [0.25, 0.3) is 0 Å². The van der Waals surface area contributed by atoms with Crippen LogP contribution < -0.4 is 33.0 Å². The van der Waals surface area contributed by atoms with Crippen molar-refractivity contribution in [2.45, 2.75) is 138 Å². The van der Waals surface area contributed by atoms with Crippen molar-refractivity contribution in [3.8, 4) is 0 Å². The smallest absolute Gasteiger partial charge is 0.336 e. The average molecular weight is 1020 g/mol. The van der Waals surface area contributed by atoms with E-state index < -0.39 is 17.1 Å². The minimum atomic E-state index is -0.708. The third kappa shape index (κ3) is 23.4. The molecule has 18 heteroatoms. The van der Waals surface area contributed by atoms with Crippen molar-refractivity contribution in [2.75, 3.05) is 59.5 Å². The van der Waals surface area contributed by atoms with Crippen LogP contribution in [0.3, 0.4) is 0 Å². The summed E-state index contributed by atoms with van der Waals surface area (Å²) in [7, 11) is -0.00571. The van der Waals surface area contributed by atoms with E-state index in [1.54, 1.807) is 0 Å². The average Bonchev–Trinajstić information content (AvgIpc) is 3.35. The Hall–Kier alpha value is -3.00. The maximum absolute atomic E-state index is 13.8. The highest BCUT2D eigenvalue weighted by Crippen LogP contribution is 2.16. The second-order valence-corrected chi connectivity index (χ2v) is 19.7. The zero-order valence-corrected chi connectivity index (χ0v) is 44.8.